The highest BCUT2D eigenvalue weighted by molar-refractivity contribution is 8.18. The number of amides is 2. The minimum atomic E-state index is -0.270. The van der Waals surface area contributed by atoms with Crippen LogP contribution in [0, 0.1) is 0 Å². The lowest BCUT2D eigenvalue weighted by atomic mass is 10.2. The van der Waals surface area contributed by atoms with Crippen molar-refractivity contribution in [2.24, 2.45) is 0 Å². The van der Waals surface area contributed by atoms with E-state index in [0.29, 0.717) is 22.3 Å². The first-order valence-electron chi connectivity index (χ1n) is 6.74. The molecular formula is C16H16ClNO3S. The van der Waals surface area contributed by atoms with Gasteiger partial charge in [-0.15, -0.1) is 0 Å². The summed E-state index contributed by atoms with van der Waals surface area (Å²) >= 11 is 7.08. The number of carbonyl (C=O) groups excluding carboxylic acids is 2. The van der Waals surface area contributed by atoms with Crippen molar-refractivity contribution >= 4 is 40.6 Å². The predicted octanol–water partition coefficient (Wildman–Crippen LogP) is 4.35. The van der Waals surface area contributed by atoms with Gasteiger partial charge in [-0.3, -0.25) is 14.5 Å². The molecule has 0 N–H and O–H groups in total. The van der Waals surface area contributed by atoms with E-state index in [1.807, 2.05) is 13.8 Å². The molecular weight excluding hydrogens is 322 g/mol. The van der Waals surface area contributed by atoms with E-state index in [1.54, 1.807) is 30.4 Å². The van der Waals surface area contributed by atoms with Crippen LogP contribution in [0.5, 0.6) is 5.75 Å². The summed E-state index contributed by atoms with van der Waals surface area (Å²) < 4.78 is 5.39. The minimum Gasteiger partial charge on any atom is -0.488 e. The minimum absolute atomic E-state index is 0.156. The fraction of sp³-hybridized carbons (Fsp3) is 0.250. The highest BCUT2D eigenvalue weighted by Crippen LogP contribution is 2.34. The standard InChI is InChI=1S/C16H16ClNO3S/c1-4-7-21-13-6-5-11(8-12(13)17)9-14-15(19)18(10(2)3)16(20)22-14/h4-6,8-10H,1,7H2,2-3H3/b14-9-. The van der Waals surface area contributed by atoms with Gasteiger partial charge >= 0.3 is 0 Å². The highest BCUT2D eigenvalue weighted by atomic mass is 35.5. The molecule has 2 amide bonds. The van der Waals surface area contributed by atoms with Crippen LogP contribution in [0.2, 0.25) is 5.02 Å². The Morgan fingerprint density at radius 2 is 2.14 bits per heavy atom. The lowest BCUT2D eigenvalue weighted by molar-refractivity contribution is -0.123. The van der Waals surface area contributed by atoms with Gasteiger partial charge in [-0.2, -0.15) is 0 Å². The first-order valence-corrected chi connectivity index (χ1v) is 7.93. The van der Waals surface area contributed by atoms with Crippen LogP contribution in [0.3, 0.4) is 0 Å². The molecule has 1 aromatic carbocycles. The first kappa shape index (κ1) is 16.6. The van der Waals surface area contributed by atoms with Gasteiger partial charge in [-0.1, -0.05) is 30.3 Å². The molecule has 1 aromatic rings. The topological polar surface area (TPSA) is 46.6 Å². The van der Waals surface area contributed by atoms with E-state index in [1.165, 1.54) is 4.90 Å². The molecule has 6 heteroatoms. The molecule has 22 heavy (non-hydrogen) atoms. The van der Waals surface area contributed by atoms with Crippen molar-refractivity contribution in [1.29, 1.82) is 0 Å². The van der Waals surface area contributed by atoms with Gasteiger partial charge in [-0.05, 0) is 49.4 Å². The molecule has 0 bridgehead atoms. The maximum absolute atomic E-state index is 12.2. The highest BCUT2D eigenvalue weighted by Gasteiger charge is 2.36. The van der Waals surface area contributed by atoms with Crippen molar-refractivity contribution in [1.82, 2.24) is 4.90 Å². The van der Waals surface area contributed by atoms with Gasteiger partial charge in [0.15, 0.2) is 0 Å². The summed E-state index contributed by atoms with van der Waals surface area (Å²) in [6.45, 7) is 7.56. The van der Waals surface area contributed by atoms with Crippen LogP contribution in [0.1, 0.15) is 19.4 Å². The van der Waals surface area contributed by atoms with Crippen LogP contribution < -0.4 is 4.74 Å². The Morgan fingerprint density at radius 3 is 2.68 bits per heavy atom. The number of rotatable bonds is 5. The molecule has 0 saturated carbocycles. The number of thioether (sulfide) groups is 1. The number of ether oxygens (including phenoxy) is 1. The summed E-state index contributed by atoms with van der Waals surface area (Å²) in [6, 6.07) is 5.05. The normalized spacial score (nSPS) is 16.7. The summed E-state index contributed by atoms with van der Waals surface area (Å²) in [4.78, 5) is 25.7. The smallest absolute Gasteiger partial charge is 0.293 e. The van der Waals surface area contributed by atoms with E-state index in [9.17, 15) is 9.59 Å². The molecule has 2 rings (SSSR count). The molecule has 1 aliphatic heterocycles. The van der Waals surface area contributed by atoms with E-state index >= 15 is 0 Å². The third-order valence-corrected chi connectivity index (χ3v) is 4.13. The average Bonchev–Trinajstić information content (AvgIpc) is 2.72. The third-order valence-electron chi connectivity index (χ3n) is 2.95. The second-order valence-electron chi connectivity index (χ2n) is 4.93. The number of nitrogens with zero attached hydrogens (tertiary/aromatic N) is 1. The number of carbonyl (C=O) groups is 2. The van der Waals surface area contributed by atoms with Crippen molar-refractivity contribution in [3.8, 4) is 5.75 Å². The van der Waals surface area contributed by atoms with Gasteiger partial charge in [0.2, 0.25) is 0 Å². The Kier molecular flexibility index (Phi) is 5.32. The number of benzene rings is 1. The largest absolute Gasteiger partial charge is 0.488 e. The fourth-order valence-electron chi connectivity index (χ4n) is 1.95. The Balaban J connectivity index is 2.23. The predicted molar refractivity (Wildman–Crippen MR) is 90.1 cm³/mol. The monoisotopic (exact) mass is 337 g/mol. The van der Waals surface area contributed by atoms with Crippen molar-refractivity contribution in [3.63, 3.8) is 0 Å². The van der Waals surface area contributed by atoms with E-state index < -0.39 is 0 Å². The molecule has 0 aliphatic carbocycles. The van der Waals surface area contributed by atoms with Gasteiger partial charge in [0.25, 0.3) is 11.1 Å². The van der Waals surface area contributed by atoms with Crippen molar-refractivity contribution in [2.75, 3.05) is 6.61 Å². The van der Waals surface area contributed by atoms with Gasteiger partial charge < -0.3 is 4.74 Å². The van der Waals surface area contributed by atoms with Crippen LogP contribution in [0.4, 0.5) is 4.79 Å². The zero-order valence-corrected chi connectivity index (χ0v) is 13.9. The third kappa shape index (κ3) is 3.54. The molecule has 1 saturated heterocycles. The second-order valence-corrected chi connectivity index (χ2v) is 6.34. The molecule has 1 heterocycles. The summed E-state index contributed by atoms with van der Waals surface area (Å²) in [6.07, 6.45) is 3.29. The van der Waals surface area contributed by atoms with E-state index in [-0.39, 0.29) is 17.2 Å². The fourth-order valence-corrected chi connectivity index (χ4v) is 3.15. The van der Waals surface area contributed by atoms with E-state index in [4.69, 9.17) is 16.3 Å². The van der Waals surface area contributed by atoms with Crippen LogP contribution in [-0.4, -0.2) is 28.7 Å². The van der Waals surface area contributed by atoms with Crippen LogP contribution >= 0.6 is 23.4 Å². The maximum atomic E-state index is 12.2. The lowest BCUT2D eigenvalue weighted by Crippen LogP contribution is -2.34. The SMILES string of the molecule is C=CCOc1ccc(/C=C2\SC(=O)N(C(C)C)C2=O)cc1Cl. The Bertz CT molecular complexity index is 655. The van der Waals surface area contributed by atoms with Crippen LogP contribution in [0.25, 0.3) is 6.08 Å². The zero-order chi connectivity index (χ0) is 16.3. The van der Waals surface area contributed by atoms with E-state index in [0.717, 1.165) is 17.3 Å². The van der Waals surface area contributed by atoms with E-state index in [2.05, 4.69) is 6.58 Å². The van der Waals surface area contributed by atoms with Gasteiger partial charge in [0.1, 0.15) is 12.4 Å². The van der Waals surface area contributed by atoms with Gasteiger partial charge in [0, 0.05) is 6.04 Å². The summed E-state index contributed by atoms with van der Waals surface area (Å²) in [5, 5.41) is 0.196. The second kappa shape index (κ2) is 7.03. The molecule has 0 radical (unpaired) electrons. The van der Waals surface area contributed by atoms with Gasteiger partial charge in [0.05, 0.1) is 9.93 Å². The summed E-state index contributed by atoms with van der Waals surface area (Å²) in [5.74, 6) is 0.280. The molecule has 0 aromatic heterocycles. The lowest BCUT2D eigenvalue weighted by Gasteiger charge is -2.16. The molecule has 0 unspecified atom stereocenters. The van der Waals surface area contributed by atoms with Crippen LogP contribution in [0.15, 0.2) is 35.8 Å². The summed E-state index contributed by atoms with van der Waals surface area (Å²) in [7, 11) is 0. The number of hydrogen-bond acceptors (Lipinski definition) is 4. The Morgan fingerprint density at radius 1 is 1.41 bits per heavy atom. The van der Waals surface area contributed by atoms with Gasteiger partial charge in [-0.25, -0.2) is 0 Å². The summed E-state index contributed by atoms with van der Waals surface area (Å²) in [5.41, 5.74) is 0.741. The molecule has 116 valence electrons. The van der Waals surface area contributed by atoms with Crippen LogP contribution in [-0.2, 0) is 4.79 Å². The number of imide groups is 1. The first-order chi connectivity index (χ1) is 10.4. The quantitative estimate of drug-likeness (QED) is 0.592. The number of halogens is 1. The molecule has 0 atom stereocenters. The maximum Gasteiger partial charge on any atom is 0.293 e. The van der Waals surface area contributed by atoms with Crippen molar-refractivity contribution < 1.29 is 14.3 Å². The number of hydrogen-bond donors (Lipinski definition) is 0. The van der Waals surface area contributed by atoms with Crippen molar-refractivity contribution in [2.45, 2.75) is 19.9 Å². The molecule has 4 nitrogen and oxygen atoms in total. The Hall–Kier alpha value is -1.72. The molecule has 1 aliphatic rings. The zero-order valence-electron chi connectivity index (χ0n) is 12.3. The van der Waals surface area contributed by atoms with Crippen molar-refractivity contribution in [3.05, 3.63) is 46.3 Å². The molecule has 0 spiro atoms. The Labute approximate surface area is 138 Å². The average molecular weight is 338 g/mol. The molecule has 1 fully saturated rings.